The van der Waals surface area contributed by atoms with E-state index in [4.69, 9.17) is 14.6 Å². The number of nitrogens with zero attached hydrogens (tertiary/aromatic N) is 1. The van der Waals surface area contributed by atoms with Crippen LogP contribution in [-0.4, -0.2) is 42.0 Å². The van der Waals surface area contributed by atoms with Crippen LogP contribution in [0.15, 0.2) is 60.7 Å². The second kappa shape index (κ2) is 11.9. The highest BCUT2D eigenvalue weighted by Crippen LogP contribution is 2.40. The first-order valence-electron chi connectivity index (χ1n) is 12.4. The number of carboxylic acid groups (broad SMARTS) is 1. The van der Waals surface area contributed by atoms with E-state index in [1.807, 2.05) is 49.1 Å². The third-order valence-electron chi connectivity index (χ3n) is 6.05. The van der Waals surface area contributed by atoms with E-state index in [9.17, 15) is 14.7 Å². The number of amides is 1. The summed E-state index contributed by atoms with van der Waals surface area (Å²) in [4.78, 5) is 25.3. The van der Waals surface area contributed by atoms with Crippen molar-refractivity contribution in [1.82, 2.24) is 0 Å². The maximum absolute atomic E-state index is 12.7. The monoisotopic (exact) mass is 505 g/mol. The summed E-state index contributed by atoms with van der Waals surface area (Å²) >= 11 is 0. The molecule has 0 fully saturated rings. The van der Waals surface area contributed by atoms with E-state index in [-0.39, 0.29) is 30.3 Å². The molecule has 7 nitrogen and oxygen atoms in total. The van der Waals surface area contributed by atoms with Gasteiger partial charge in [0.2, 0.25) is 5.91 Å². The molecule has 3 aromatic rings. The van der Waals surface area contributed by atoms with Gasteiger partial charge in [-0.2, -0.15) is 0 Å². The number of rotatable bonds is 9. The molecule has 0 saturated heterocycles. The van der Waals surface area contributed by atoms with Crippen LogP contribution in [0.25, 0.3) is 22.3 Å². The Morgan fingerprint density at radius 1 is 0.892 bits per heavy atom. The van der Waals surface area contributed by atoms with Crippen LogP contribution in [0.2, 0.25) is 0 Å². The number of carbonyl (C=O) groups excluding carboxylic acids is 1. The minimum absolute atomic E-state index is 0.0741. The Kier molecular flexibility index (Phi) is 8.95. The molecular weight excluding hydrogens is 470 g/mol. The Bertz CT molecular complexity index is 1240. The fourth-order valence-electron chi connectivity index (χ4n) is 4.24. The van der Waals surface area contributed by atoms with E-state index in [2.05, 4.69) is 26.8 Å². The molecule has 0 saturated carbocycles. The molecule has 0 aliphatic rings. The van der Waals surface area contributed by atoms with Crippen LogP contribution >= 0.6 is 0 Å². The van der Waals surface area contributed by atoms with E-state index < -0.39 is 6.16 Å². The van der Waals surface area contributed by atoms with Crippen molar-refractivity contribution >= 4 is 17.7 Å². The zero-order valence-corrected chi connectivity index (χ0v) is 22.1. The highest BCUT2D eigenvalue weighted by Gasteiger charge is 2.24. The third kappa shape index (κ3) is 6.68. The summed E-state index contributed by atoms with van der Waals surface area (Å²) in [5, 5.41) is 18.2. The SMILES string of the molecule is CCC(=O)N(CC)c1ccc(-c2cc(-c3ccc(OC(=O)O)cc3)ccc2OCCO)cc1C(C)(C)C. The topological polar surface area (TPSA) is 96.3 Å². The molecule has 196 valence electrons. The normalized spacial score (nSPS) is 11.2. The summed E-state index contributed by atoms with van der Waals surface area (Å²) < 4.78 is 10.6. The van der Waals surface area contributed by atoms with Gasteiger partial charge in [-0.05, 0) is 71.0 Å². The summed E-state index contributed by atoms with van der Waals surface area (Å²) in [6.45, 7) is 10.9. The average Bonchev–Trinajstić information content (AvgIpc) is 2.87. The molecule has 2 N–H and O–H groups in total. The van der Waals surface area contributed by atoms with Crippen molar-refractivity contribution < 1.29 is 29.3 Å². The Balaban J connectivity index is 2.14. The first-order chi connectivity index (χ1) is 17.6. The van der Waals surface area contributed by atoms with E-state index >= 15 is 0 Å². The van der Waals surface area contributed by atoms with Gasteiger partial charge in [0.15, 0.2) is 0 Å². The van der Waals surface area contributed by atoms with E-state index in [0.717, 1.165) is 33.5 Å². The Morgan fingerprint density at radius 3 is 2.11 bits per heavy atom. The fraction of sp³-hybridized carbons (Fsp3) is 0.333. The van der Waals surface area contributed by atoms with Crippen molar-refractivity contribution in [2.45, 2.75) is 46.5 Å². The van der Waals surface area contributed by atoms with Crippen molar-refractivity contribution in [2.24, 2.45) is 0 Å². The second-order valence-corrected chi connectivity index (χ2v) is 9.65. The lowest BCUT2D eigenvalue weighted by Crippen LogP contribution is -2.32. The van der Waals surface area contributed by atoms with E-state index in [1.165, 1.54) is 0 Å². The smallest absolute Gasteiger partial charge is 0.491 e. The Hall–Kier alpha value is -3.84. The minimum atomic E-state index is -1.36. The van der Waals surface area contributed by atoms with E-state index in [0.29, 0.717) is 18.7 Å². The van der Waals surface area contributed by atoms with E-state index in [1.54, 1.807) is 24.3 Å². The lowest BCUT2D eigenvalue weighted by molar-refractivity contribution is -0.118. The molecule has 0 bridgehead atoms. The molecule has 0 aromatic heterocycles. The molecule has 7 heteroatoms. The number of benzene rings is 3. The maximum Gasteiger partial charge on any atom is 0.511 e. The van der Waals surface area contributed by atoms with Crippen LogP contribution in [0, 0.1) is 0 Å². The molecule has 0 aliphatic carbocycles. The van der Waals surface area contributed by atoms with Crippen LogP contribution in [0.4, 0.5) is 10.5 Å². The molecule has 0 radical (unpaired) electrons. The molecule has 0 aliphatic heterocycles. The van der Waals surface area contributed by atoms with Crippen LogP contribution in [0.1, 0.15) is 46.6 Å². The molecule has 3 aromatic carbocycles. The quantitative estimate of drug-likeness (QED) is 0.254. The second-order valence-electron chi connectivity index (χ2n) is 9.65. The van der Waals surface area contributed by atoms with Crippen LogP contribution in [0.3, 0.4) is 0 Å². The lowest BCUT2D eigenvalue weighted by Gasteiger charge is -2.30. The maximum atomic E-state index is 12.7. The van der Waals surface area contributed by atoms with Gasteiger partial charge >= 0.3 is 6.16 Å². The molecule has 0 unspecified atom stereocenters. The van der Waals surface area contributed by atoms with Crippen molar-refractivity contribution in [2.75, 3.05) is 24.7 Å². The van der Waals surface area contributed by atoms with Gasteiger partial charge in [-0.15, -0.1) is 0 Å². The lowest BCUT2D eigenvalue weighted by atomic mass is 9.83. The van der Waals surface area contributed by atoms with Gasteiger partial charge in [0.25, 0.3) is 0 Å². The number of aliphatic hydroxyl groups is 1. The fourth-order valence-corrected chi connectivity index (χ4v) is 4.24. The number of aliphatic hydroxyl groups excluding tert-OH is 1. The number of hydrogen-bond acceptors (Lipinski definition) is 5. The molecule has 3 rings (SSSR count). The number of ether oxygens (including phenoxy) is 2. The zero-order valence-electron chi connectivity index (χ0n) is 22.1. The molecule has 0 spiro atoms. The summed E-state index contributed by atoms with van der Waals surface area (Å²) in [6, 6.07) is 18.7. The van der Waals surface area contributed by atoms with Crippen LogP contribution < -0.4 is 14.4 Å². The minimum Gasteiger partial charge on any atom is -0.491 e. The summed E-state index contributed by atoms with van der Waals surface area (Å²) in [5.74, 6) is 0.949. The summed E-state index contributed by atoms with van der Waals surface area (Å²) in [6.07, 6.45) is -0.933. The van der Waals surface area contributed by atoms with Gasteiger partial charge in [0, 0.05) is 24.2 Å². The highest BCUT2D eigenvalue weighted by atomic mass is 16.7. The van der Waals surface area contributed by atoms with Crippen molar-refractivity contribution in [1.29, 1.82) is 0 Å². The Morgan fingerprint density at radius 2 is 1.54 bits per heavy atom. The molecule has 1 amide bonds. The first-order valence-corrected chi connectivity index (χ1v) is 12.4. The van der Waals surface area contributed by atoms with Gasteiger partial charge in [0.1, 0.15) is 18.1 Å². The van der Waals surface area contributed by atoms with Crippen molar-refractivity contribution in [3.8, 4) is 33.8 Å². The summed E-state index contributed by atoms with van der Waals surface area (Å²) in [5.41, 5.74) is 5.28. The van der Waals surface area contributed by atoms with Gasteiger partial charge in [-0.25, -0.2) is 4.79 Å². The van der Waals surface area contributed by atoms with Crippen molar-refractivity contribution in [3.63, 3.8) is 0 Å². The average molecular weight is 506 g/mol. The predicted octanol–water partition coefficient (Wildman–Crippen LogP) is 6.51. The largest absolute Gasteiger partial charge is 0.511 e. The highest BCUT2D eigenvalue weighted by molar-refractivity contribution is 5.94. The number of carbonyl (C=O) groups is 2. The predicted molar refractivity (Wildman–Crippen MR) is 146 cm³/mol. The summed E-state index contributed by atoms with van der Waals surface area (Å²) in [7, 11) is 0. The first kappa shape index (κ1) is 27.7. The number of hydrogen-bond donors (Lipinski definition) is 2. The molecule has 0 heterocycles. The Labute approximate surface area is 218 Å². The third-order valence-corrected chi connectivity index (χ3v) is 6.05. The zero-order chi connectivity index (χ0) is 27.2. The number of anilines is 1. The van der Waals surface area contributed by atoms with Crippen molar-refractivity contribution in [3.05, 3.63) is 66.2 Å². The molecule has 37 heavy (non-hydrogen) atoms. The molecule has 0 atom stereocenters. The van der Waals surface area contributed by atoms with Gasteiger partial charge in [-0.3, -0.25) is 4.79 Å². The molecular formula is C30H35NO6. The standard InChI is InChI=1S/C30H35NO6/c1-6-28(33)31(7-2)26-14-10-22(19-25(26)30(3,4)5)24-18-21(11-15-27(24)36-17-16-32)20-8-12-23(13-9-20)37-29(34)35/h8-15,18-19,32H,6-7,16-17H2,1-5H3,(H,34,35). The van der Waals surface area contributed by atoms with Gasteiger partial charge < -0.3 is 24.6 Å². The van der Waals surface area contributed by atoms with Gasteiger partial charge in [-0.1, -0.05) is 52.0 Å². The van der Waals surface area contributed by atoms with Gasteiger partial charge in [0.05, 0.1) is 6.61 Å². The van der Waals surface area contributed by atoms with Crippen LogP contribution in [0.5, 0.6) is 11.5 Å². The van der Waals surface area contributed by atoms with Crippen LogP contribution in [-0.2, 0) is 10.2 Å².